The average molecular weight is 230 g/mol. The van der Waals surface area contributed by atoms with E-state index < -0.39 is 0 Å². The standard InChI is InChI=1S/C13H18N4/c1-17-12(9-10-4-7-14-8-5-10)16-11-3-2-6-15-13(11)17/h2-3,6,10,14H,4-5,7-9H2,1H3. The molecule has 0 bridgehead atoms. The maximum absolute atomic E-state index is 4.69. The van der Waals surface area contributed by atoms with Crippen LogP contribution in [-0.2, 0) is 13.5 Å². The Labute approximate surface area is 101 Å². The molecule has 17 heavy (non-hydrogen) atoms. The van der Waals surface area contributed by atoms with E-state index in [1.165, 1.54) is 18.7 Å². The molecule has 1 aliphatic heterocycles. The number of hydrogen-bond donors (Lipinski definition) is 1. The van der Waals surface area contributed by atoms with E-state index in [4.69, 9.17) is 0 Å². The maximum Gasteiger partial charge on any atom is 0.159 e. The number of nitrogens with zero attached hydrogens (tertiary/aromatic N) is 3. The summed E-state index contributed by atoms with van der Waals surface area (Å²) in [7, 11) is 2.07. The summed E-state index contributed by atoms with van der Waals surface area (Å²) < 4.78 is 2.14. The van der Waals surface area contributed by atoms with Gasteiger partial charge in [0.15, 0.2) is 5.65 Å². The Balaban J connectivity index is 1.87. The summed E-state index contributed by atoms with van der Waals surface area (Å²) in [5, 5.41) is 3.40. The van der Waals surface area contributed by atoms with E-state index in [1.807, 2.05) is 18.3 Å². The number of nitrogens with one attached hydrogen (secondary N) is 1. The van der Waals surface area contributed by atoms with Crippen molar-refractivity contribution in [2.24, 2.45) is 13.0 Å². The van der Waals surface area contributed by atoms with Crippen molar-refractivity contribution in [3.8, 4) is 0 Å². The molecular weight excluding hydrogens is 212 g/mol. The summed E-state index contributed by atoms with van der Waals surface area (Å²) in [6.45, 7) is 2.29. The minimum Gasteiger partial charge on any atom is -0.317 e. The van der Waals surface area contributed by atoms with Crippen molar-refractivity contribution in [3.05, 3.63) is 24.2 Å². The van der Waals surface area contributed by atoms with Gasteiger partial charge >= 0.3 is 0 Å². The lowest BCUT2D eigenvalue weighted by Crippen LogP contribution is -2.29. The molecule has 4 nitrogen and oxygen atoms in total. The molecule has 0 saturated carbocycles. The van der Waals surface area contributed by atoms with Crippen LogP contribution in [0.25, 0.3) is 11.2 Å². The van der Waals surface area contributed by atoms with E-state index >= 15 is 0 Å². The Hall–Kier alpha value is -1.42. The van der Waals surface area contributed by atoms with Crippen LogP contribution in [-0.4, -0.2) is 27.6 Å². The molecule has 2 aromatic heterocycles. The highest BCUT2D eigenvalue weighted by Gasteiger charge is 2.17. The Morgan fingerprint density at radius 3 is 3.00 bits per heavy atom. The Morgan fingerprint density at radius 1 is 1.41 bits per heavy atom. The molecule has 90 valence electrons. The maximum atomic E-state index is 4.69. The number of fused-ring (bicyclic) bond motifs is 1. The highest BCUT2D eigenvalue weighted by Crippen LogP contribution is 2.19. The minimum absolute atomic E-state index is 0.770. The minimum atomic E-state index is 0.770. The van der Waals surface area contributed by atoms with Crippen LogP contribution in [0.1, 0.15) is 18.7 Å². The molecule has 1 aliphatic rings. The van der Waals surface area contributed by atoms with Crippen LogP contribution in [0.15, 0.2) is 18.3 Å². The van der Waals surface area contributed by atoms with Gasteiger partial charge in [0.1, 0.15) is 11.3 Å². The monoisotopic (exact) mass is 230 g/mol. The molecular formula is C13H18N4. The number of aromatic nitrogens is 3. The number of hydrogen-bond acceptors (Lipinski definition) is 3. The van der Waals surface area contributed by atoms with E-state index in [-0.39, 0.29) is 0 Å². The first-order valence-electron chi connectivity index (χ1n) is 6.31. The fourth-order valence-corrected chi connectivity index (χ4v) is 2.60. The summed E-state index contributed by atoms with van der Waals surface area (Å²) in [5.74, 6) is 1.94. The van der Waals surface area contributed by atoms with E-state index in [0.717, 1.165) is 36.6 Å². The van der Waals surface area contributed by atoms with Crippen molar-refractivity contribution >= 4 is 11.2 Å². The van der Waals surface area contributed by atoms with Crippen molar-refractivity contribution in [1.82, 2.24) is 19.9 Å². The number of rotatable bonds is 2. The van der Waals surface area contributed by atoms with Crippen molar-refractivity contribution in [1.29, 1.82) is 0 Å². The van der Waals surface area contributed by atoms with Crippen LogP contribution in [0.3, 0.4) is 0 Å². The third-order valence-electron chi connectivity index (χ3n) is 3.65. The SMILES string of the molecule is Cn1c(CC2CCNCC2)nc2cccnc21. The van der Waals surface area contributed by atoms with Gasteiger partial charge in [0.2, 0.25) is 0 Å². The van der Waals surface area contributed by atoms with Crippen LogP contribution in [0.2, 0.25) is 0 Å². The van der Waals surface area contributed by atoms with Crippen molar-refractivity contribution < 1.29 is 0 Å². The van der Waals surface area contributed by atoms with Crippen LogP contribution < -0.4 is 5.32 Å². The third-order valence-corrected chi connectivity index (χ3v) is 3.65. The van der Waals surface area contributed by atoms with Crippen LogP contribution in [0, 0.1) is 5.92 Å². The predicted molar refractivity (Wildman–Crippen MR) is 67.8 cm³/mol. The molecule has 3 heterocycles. The molecule has 0 unspecified atom stereocenters. The summed E-state index contributed by atoms with van der Waals surface area (Å²) in [6, 6.07) is 3.98. The average Bonchev–Trinajstić information content (AvgIpc) is 2.68. The lowest BCUT2D eigenvalue weighted by Gasteiger charge is -2.22. The first-order valence-corrected chi connectivity index (χ1v) is 6.31. The molecule has 0 aliphatic carbocycles. The van der Waals surface area contributed by atoms with Gasteiger partial charge in [-0.25, -0.2) is 9.97 Å². The summed E-state index contributed by atoms with van der Waals surface area (Å²) in [6.07, 6.45) is 5.43. The molecule has 1 fully saturated rings. The van der Waals surface area contributed by atoms with Crippen LogP contribution >= 0.6 is 0 Å². The second-order valence-corrected chi connectivity index (χ2v) is 4.83. The summed E-state index contributed by atoms with van der Waals surface area (Å²) in [4.78, 5) is 9.07. The van der Waals surface area contributed by atoms with Gasteiger partial charge in [0, 0.05) is 19.7 Å². The van der Waals surface area contributed by atoms with E-state index in [9.17, 15) is 0 Å². The fraction of sp³-hybridized carbons (Fsp3) is 0.538. The zero-order chi connectivity index (χ0) is 11.7. The van der Waals surface area contributed by atoms with Gasteiger partial charge in [-0.3, -0.25) is 0 Å². The van der Waals surface area contributed by atoms with Gasteiger partial charge < -0.3 is 9.88 Å². The zero-order valence-corrected chi connectivity index (χ0v) is 10.2. The van der Waals surface area contributed by atoms with Gasteiger partial charge in [0.05, 0.1) is 0 Å². The highest BCUT2D eigenvalue weighted by atomic mass is 15.1. The Morgan fingerprint density at radius 2 is 2.24 bits per heavy atom. The number of piperidine rings is 1. The molecule has 0 spiro atoms. The molecule has 0 atom stereocenters. The van der Waals surface area contributed by atoms with Crippen molar-refractivity contribution in [2.45, 2.75) is 19.3 Å². The Bertz CT molecular complexity index is 511. The van der Waals surface area contributed by atoms with Gasteiger partial charge in [-0.05, 0) is 44.0 Å². The lowest BCUT2D eigenvalue weighted by molar-refractivity contribution is 0.365. The topological polar surface area (TPSA) is 42.7 Å². The quantitative estimate of drug-likeness (QED) is 0.850. The first-order chi connectivity index (χ1) is 8.34. The molecule has 4 heteroatoms. The van der Waals surface area contributed by atoms with Crippen LogP contribution in [0.5, 0.6) is 0 Å². The zero-order valence-electron chi connectivity index (χ0n) is 10.2. The number of aryl methyl sites for hydroxylation is 1. The largest absolute Gasteiger partial charge is 0.317 e. The molecule has 2 aromatic rings. The molecule has 3 rings (SSSR count). The summed E-state index contributed by atoms with van der Waals surface area (Å²) in [5.41, 5.74) is 2.01. The predicted octanol–water partition coefficient (Wildman–Crippen LogP) is 1.51. The normalized spacial score (nSPS) is 17.7. The van der Waals surface area contributed by atoms with E-state index in [1.54, 1.807) is 0 Å². The second-order valence-electron chi connectivity index (χ2n) is 4.83. The van der Waals surface area contributed by atoms with Gasteiger partial charge in [-0.1, -0.05) is 0 Å². The van der Waals surface area contributed by atoms with Crippen molar-refractivity contribution in [2.75, 3.05) is 13.1 Å². The third kappa shape index (κ3) is 2.05. The molecule has 1 N–H and O–H groups in total. The fourth-order valence-electron chi connectivity index (χ4n) is 2.60. The molecule has 1 saturated heterocycles. The van der Waals surface area contributed by atoms with E-state index in [0.29, 0.717) is 0 Å². The first kappa shape index (κ1) is 10.7. The smallest absolute Gasteiger partial charge is 0.159 e. The highest BCUT2D eigenvalue weighted by molar-refractivity contribution is 5.70. The summed E-state index contributed by atoms with van der Waals surface area (Å²) >= 11 is 0. The van der Waals surface area contributed by atoms with Crippen LogP contribution in [0.4, 0.5) is 0 Å². The Kier molecular flexibility index (Phi) is 2.81. The molecule has 0 amide bonds. The second kappa shape index (κ2) is 4.45. The van der Waals surface area contributed by atoms with Gasteiger partial charge in [0.25, 0.3) is 0 Å². The van der Waals surface area contributed by atoms with E-state index in [2.05, 4.69) is 26.9 Å². The number of pyridine rings is 1. The van der Waals surface area contributed by atoms with Gasteiger partial charge in [-0.2, -0.15) is 0 Å². The molecule has 0 radical (unpaired) electrons. The van der Waals surface area contributed by atoms with Crippen molar-refractivity contribution in [3.63, 3.8) is 0 Å². The van der Waals surface area contributed by atoms with Gasteiger partial charge in [-0.15, -0.1) is 0 Å². The lowest BCUT2D eigenvalue weighted by atomic mass is 9.94. The molecule has 0 aromatic carbocycles. The number of imidazole rings is 1.